The van der Waals surface area contributed by atoms with Crippen molar-refractivity contribution in [3.8, 4) is 0 Å². The van der Waals surface area contributed by atoms with Crippen molar-refractivity contribution >= 4 is 28.8 Å². The number of H-pyrrole nitrogens is 1. The van der Waals surface area contributed by atoms with E-state index in [1.165, 1.54) is 90.2 Å². The second-order valence-corrected chi connectivity index (χ2v) is 11.9. The summed E-state index contributed by atoms with van der Waals surface area (Å²) in [5, 5.41) is 30.3. The number of hydrogen-bond acceptors (Lipinski definition) is 9. The number of aromatic amines is 1. The highest BCUT2D eigenvalue weighted by molar-refractivity contribution is 5.87. The third-order valence-corrected chi connectivity index (χ3v) is 8.25. The lowest BCUT2D eigenvalue weighted by atomic mass is 9.95. The second-order valence-electron chi connectivity index (χ2n) is 11.9. The highest BCUT2D eigenvalue weighted by Gasteiger charge is 2.44. The molecule has 2 aromatic heterocycles. The monoisotopic (exact) mass is 603 g/mol. The Morgan fingerprint density at radius 1 is 0.907 bits per heavy atom. The summed E-state index contributed by atoms with van der Waals surface area (Å²) in [7, 11) is 0. The molecule has 6 N–H and O–H groups in total. The van der Waals surface area contributed by atoms with Gasteiger partial charge in [-0.15, -0.1) is 0 Å². The zero-order chi connectivity index (χ0) is 31.0. The largest absolute Gasteiger partial charge is 0.388 e. The minimum atomic E-state index is -1.36. The van der Waals surface area contributed by atoms with Gasteiger partial charge in [-0.25, -0.2) is 15.0 Å². The molecule has 0 radical (unpaired) electrons. The van der Waals surface area contributed by atoms with Crippen LogP contribution in [0, 0.1) is 0 Å². The van der Waals surface area contributed by atoms with Crippen molar-refractivity contribution in [2.24, 2.45) is 0 Å². The van der Waals surface area contributed by atoms with Gasteiger partial charge in [-0.2, -0.15) is 0 Å². The molecule has 1 unspecified atom stereocenters. The van der Waals surface area contributed by atoms with Gasteiger partial charge in [0.05, 0.1) is 18.5 Å². The van der Waals surface area contributed by atoms with Crippen molar-refractivity contribution in [2.45, 2.75) is 154 Å². The van der Waals surface area contributed by atoms with E-state index in [9.17, 15) is 19.8 Å². The van der Waals surface area contributed by atoms with Crippen molar-refractivity contribution in [1.29, 1.82) is 0 Å². The molecule has 1 aliphatic rings. The van der Waals surface area contributed by atoms with Gasteiger partial charge in [0.15, 0.2) is 17.7 Å². The third kappa shape index (κ3) is 11.3. The van der Waals surface area contributed by atoms with E-state index in [1.807, 2.05) is 0 Å². The number of carbonyl (C=O) groups excluding carboxylic acids is 2. The van der Waals surface area contributed by atoms with Crippen molar-refractivity contribution in [3.63, 3.8) is 0 Å². The van der Waals surface area contributed by atoms with Gasteiger partial charge in [-0.3, -0.25) is 9.59 Å². The SMILES string of the molecule is CCCCCCCCCCCCCCCCC(NC(C)=O)C(=O)N[C@@H]1[C@@H](O)[C@H](O)[C@@H](Nc2ncnc3nc[nH]c23)O[C@H]1C. The summed E-state index contributed by atoms with van der Waals surface area (Å²) in [5.74, 6) is -0.330. The number of hydrogen-bond donors (Lipinski definition) is 6. The first kappa shape index (κ1) is 34.7. The first-order valence-electron chi connectivity index (χ1n) is 16.3. The van der Waals surface area contributed by atoms with Gasteiger partial charge in [-0.1, -0.05) is 96.8 Å². The van der Waals surface area contributed by atoms with Crippen LogP contribution in [0.15, 0.2) is 12.7 Å². The third-order valence-electron chi connectivity index (χ3n) is 8.25. The van der Waals surface area contributed by atoms with Gasteiger partial charge < -0.3 is 35.9 Å². The quantitative estimate of drug-likeness (QED) is 0.122. The van der Waals surface area contributed by atoms with Gasteiger partial charge in [0.25, 0.3) is 0 Å². The molecule has 2 amide bonds. The maximum Gasteiger partial charge on any atom is 0.242 e. The topological polar surface area (TPSA) is 174 Å². The second kappa shape index (κ2) is 18.7. The molecular weight excluding hydrogens is 550 g/mol. The average Bonchev–Trinajstić information content (AvgIpc) is 3.47. The zero-order valence-electron chi connectivity index (χ0n) is 26.2. The highest BCUT2D eigenvalue weighted by atomic mass is 16.5. The number of aliphatic hydroxyl groups is 2. The number of carbonyl (C=O) groups is 2. The van der Waals surface area contributed by atoms with E-state index in [4.69, 9.17) is 4.74 Å². The van der Waals surface area contributed by atoms with Crippen LogP contribution in [0.4, 0.5) is 5.82 Å². The first-order chi connectivity index (χ1) is 20.8. The van der Waals surface area contributed by atoms with Crippen LogP contribution in [0.1, 0.15) is 117 Å². The van der Waals surface area contributed by atoms with Crippen molar-refractivity contribution in [3.05, 3.63) is 12.7 Å². The average molecular weight is 604 g/mol. The number of amides is 2. The van der Waals surface area contributed by atoms with Crippen LogP contribution in [0.5, 0.6) is 0 Å². The zero-order valence-corrected chi connectivity index (χ0v) is 26.2. The molecule has 2 aromatic rings. The van der Waals surface area contributed by atoms with E-state index in [-0.39, 0.29) is 5.91 Å². The number of aliphatic hydroxyl groups excluding tert-OH is 2. The Morgan fingerprint density at radius 3 is 2.12 bits per heavy atom. The number of nitrogens with zero attached hydrogens (tertiary/aromatic N) is 3. The molecule has 6 atom stereocenters. The smallest absolute Gasteiger partial charge is 0.242 e. The molecule has 0 saturated carbocycles. The maximum atomic E-state index is 13.2. The van der Waals surface area contributed by atoms with E-state index in [0.717, 1.165) is 19.3 Å². The van der Waals surface area contributed by atoms with Gasteiger partial charge in [0.1, 0.15) is 30.1 Å². The molecular formula is C31H53N7O5. The minimum absolute atomic E-state index is 0.293. The van der Waals surface area contributed by atoms with Crippen LogP contribution in [0.25, 0.3) is 11.2 Å². The molecule has 3 rings (SSSR count). The van der Waals surface area contributed by atoms with Crippen LogP contribution in [-0.2, 0) is 14.3 Å². The molecule has 1 saturated heterocycles. The Bertz CT molecular complexity index is 1100. The Balaban J connectivity index is 1.37. The summed E-state index contributed by atoms with van der Waals surface area (Å²) < 4.78 is 5.94. The fraction of sp³-hybridized carbons (Fsp3) is 0.774. The number of nitrogens with one attached hydrogen (secondary N) is 4. The lowest BCUT2D eigenvalue weighted by Gasteiger charge is -2.42. The normalized spacial score (nSPS) is 22.8. The van der Waals surface area contributed by atoms with E-state index in [0.29, 0.717) is 23.4 Å². The van der Waals surface area contributed by atoms with Gasteiger partial charge >= 0.3 is 0 Å². The van der Waals surface area contributed by atoms with Gasteiger partial charge in [0.2, 0.25) is 11.8 Å². The van der Waals surface area contributed by atoms with Crippen LogP contribution in [0.3, 0.4) is 0 Å². The predicted molar refractivity (Wildman–Crippen MR) is 166 cm³/mol. The molecule has 0 bridgehead atoms. The molecule has 3 heterocycles. The van der Waals surface area contributed by atoms with Crippen molar-refractivity contribution < 1.29 is 24.5 Å². The number of unbranched alkanes of at least 4 members (excludes halogenated alkanes) is 13. The molecule has 0 aromatic carbocycles. The minimum Gasteiger partial charge on any atom is -0.388 e. The number of anilines is 1. The van der Waals surface area contributed by atoms with E-state index >= 15 is 0 Å². The lowest BCUT2D eigenvalue weighted by molar-refractivity contribution is -0.173. The number of imidazole rings is 1. The summed E-state index contributed by atoms with van der Waals surface area (Å²) in [6, 6.07) is -1.59. The molecule has 43 heavy (non-hydrogen) atoms. The van der Waals surface area contributed by atoms with Crippen LogP contribution in [0.2, 0.25) is 0 Å². The molecule has 0 aliphatic carbocycles. The Morgan fingerprint density at radius 2 is 1.51 bits per heavy atom. The molecule has 0 spiro atoms. The lowest BCUT2D eigenvalue weighted by Crippen LogP contribution is -2.65. The summed E-state index contributed by atoms with van der Waals surface area (Å²) in [4.78, 5) is 40.3. The fourth-order valence-electron chi connectivity index (χ4n) is 5.72. The van der Waals surface area contributed by atoms with Crippen LogP contribution >= 0.6 is 0 Å². The number of ether oxygens (including phenoxy) is 1. The summed E-state index contributed by atoms with van der Waals surface area (Å²) >= 11 is 0. The summed E-state index contributed by atoms with van der Waals surface area (Å²) in [5.41, 5.74) is 0.988. The van der Waals surface area contributed by atoms with Crippen LogP contribution < -0.4 is 16.0 Å². The molecule has 1 fully saturated rings. The van der Waals surface area contributed by atoms with E-state index in [1.54, 1.807) is 6.92 Å². The van der Waals surface area contributed by atoms with Crippen molar-refractivity contribution in [1.82, 2.24) is 30.6 Å². The molecule has 12 nitrogen and oxygen atoms in total. The summed E-state index contributed by atoms with van der Waals surface area (Å²) in [6.07, 6.45) is 16.4. The molecule has 1 aliphatic heterocycles. The predicted octanol–water partition coefficient (Wildman–Crippen LogP) is 4.09. The maximum absolute atomic E-state index is 13.2. The highest BCUT2D eigenvalue weighted by Crippen LogP contribution is 2.24. The molecule has 12 heteroatoms. The van der Waals surface area contributed by atoms with E-state index < -0.39 is 42.5 Å². The Labute approximate surface area is 255 Å². The first-order valence-corrected chi connectivity index (χ1v) is 16.3. The van der Waals surface area contributed by atoms with Gasteiger partial charge in [-0.05, 0) is 13.3 Å². The number of aromatic nitrogens is 4. The number of fused-ring (bicyclic) bond motifs is 1. The van der Waals surface area contributed by atoms with Crippen LogP contribution in [-0.4, -0.2) is 78.6 Å². The Kier molecular flexibility index (Phi) is 15.1. The fourth-order valence-corrected chi connectivity index (χ4v) is 5.72. The Hall–Kier alpha value is -2.83. The summed E-state index contributed by atoms with van der Waals surface area (Å²) in [6.45, 7) is 5.35. The number of rotatable bonds is 20. The van der Waals surface area contributed by atoms with Crippen molar-refractivity contribution in [2.75, 3.05) is 5.32 Å². The molecule has 242 valence electrons. The van der Waals surface area contributed by atoms with Gasteiger partial charge in [0, 0.05) is 6.92 Å². The standard InChI is InChI=1S/C31H53N7O5/c1-4-5-6-7-8-9-10-11-12-13-14-15-16-17-18-23(36-22(3)39)30(42)37-24-21(2)43-31(27(41)26(24)40)38-29-25-28(33-19-32-25)34-20-35-29/h19-21,23-24,26-27,31,40-41H,4-18H2,1-3H3,(H,36,39)(H,37,42)(H2,32,33,34,35,38)/t21-,23?,24-,26+,27-,31-/m0/s1. The van der Waals surface area contributed by atoms with E-state index in [2.05, 4.69) is 42.8 Å².